The van der Waals surface area contributed by atoms with E-state index in [4.69, 9.17) is 4.74 Å². The average molecular weight is 315 g/mol. The summed E-state index contributed by atoms with van der Waals surface area (Å²) in [4.78, 5) is 22.4. The normalized spacial score (nSPS) is 15.5. The maximum absolute atomic E-state index is 13.2. The highest BCUT2D eigenvalue weighted by atomic mass is 19.1. The van der Waals surface area contributed by atoms with Gasteiger partial charge in [0.2, 0.25) is 5.88 Å². The summed E-state index contributed by atoms with van der Waals surface area (Å²) in [6.45, 7) is 2.99. The number of aromatic nitrogens is 2. The van der Waals surface area contributed by atoms with E-state index in [0.29, 0.717) is 30.4 Å². The maximum atomic E-state index is 13.2. The maximum Gasteiger partial charge on any atom is 0.253 e. The largest absolute Gasteiger partial charge is 0.474 e. The van der Waals surface area contributed by atoms with Gasteiger partial charge in [-0.05, 0) is 25.1 Å². The zero-order chi connectivity index (χ0) is 16.2. The second-order valence-corrected chi connectivity index (χ2v) is 5.56. The molecular weight excluding hydrogens is 297 g/mol. The molecule has 1 aromatic carbocycles. The predicted molar refractivity (Wildman–Crippen MR) is 82.7 cm³/mol. The average Bonchev–Trinajstić information content (AvgIpc) is 2.55. The molecule has 23 heavy (non-hydrogen) atoms. The highest BCUT2D eigenvalue weighted by Crippen LogP contribution is 2.19. The zero-order valence-electron chi connectivity index (χ0n) is 12.9. The molecule has 2 heterocycles. The van der Waals surface area contributed by atoms with E-state index < -0.39 is 5.82 Å². The fraction of sp³-hybridized carbons (Fsp3) is 0.353. The van der Waals surface area contributed by atoms with Crippen LogP contribution in [0.3, 0.4) is 0 Å². The van der Waals surface area contributed by atoms with E-state index in [2.05, 4.69) is 9.97 Å². The van der Waals surface area contributed by atoms with Gasteiger partial charge in [-0.1, -0.05) is 6.07 Å². The molecule has 1 aliphatic rings. The van der Waals surface area contributed by atoms with Crippen LogP contribution in [0, 0.1) is 12.7 Å². The van der Waals surface area contributed by atoms with E-state index >= 15 is 0 Å². The van der Waals surface area contributed by atoms with E-state index in [1.54, 1.807) is 29.3 Å². The molecule has 2 aromatic rings. The molecule has 5 nitrogen and oxygen atoms in total. The number of amides is 1. The molecular formula is C17H18FN3O2. The Morgan fingerprint density at radius 2 is 2.09 bits per heavy atom. The number of aryl methyl sites for hydroxylation is 1. The summed E-state index contributed by atoms with van der Waals surface area (Å²) < 4.78 is 19.1. The molecule has 1 amide bonds. The van der Waals surface area contributed by atoms with Crippen molar-refractivity contribution in [3.8, 4) is 5.88 Å². The van der Waals surface area contributed by atoms with Gasteiger partial charge in [0.25, 0.3) is 5.91 Å². The van der Waals surface area contributed by atoms with E-state index in [9.17, 15) is 9.18 Å². The highest BCUT2D eigenvalue weighted by Gasteiger charge is 2.25. The van der Waals surface area contributed by atoms with Crippen LogP contribution in [0.2, 0.25) is 0 Å². The molecule has 1 fully saturated rings. The molecule has 6 heteroatoms. The first-order chi connectivity index (χ1) is 11.1. The van der Waals surface area contributed by atoms with Crippen molar-refractivity contribution in [2.75, 3.05) is 13.1 Å². The quantitative estimate of drug-likeness (QED) is 0.873. The first-order valence-corrected chi connectivity index (χ1v) is 7.63. The van der Waals surface area contributed by atoms with Gasteiger partial charge in [0.15, 0.2) is 0 Å². The number of nitrogens with zero attached hydrogens (tertiary/aromatic N) is 3. The molecule has 1 aliphatic heterocycles. The van der Waals surface area contributed by atoms with Gasteiger partial charge in [0.05, 0.1) is 0 Å². The standard InChI is InChI=1S/C17H18FN3O2/c1-12-19-8-5-16(20-12)23-15-6-9-21(10-7-15)17(22)13-3-2-4-14(18)11-13/h2-5,8,11,15H,6-7,9-10H2,1H3. The van der Waals surface area contributed by atoms with Gasteiger partial charge in [0, 0.05) is 43.8 Å². The number of halogens is 1. The Balaban J connectivity index is 1.57. The molecule has 1 aromatic heterocycles. The van der Waals surface area contributed by atoms with Gasteiger partial charge in [-0.25, -0.2) is 9.37 Å². The van der Waals surface area contributed by atoms with Crippen molar-refractivity contribution in [2.24, 2.45) is 0 Å². The monoisotopic (exact) mass is 315 g/mol. The summed E-state index contributed by atoms with van der Waals surface area (Å²) >= 11 is 0. The summed E-state index contributed by atoms with van der Waals surface area (Å²) in [5.41, 5.74) is 0.385. The number of carbonyl (C=O) groups excluding carboxylic acids is 1. The van der Waals surface area contributed by atoms with E-state index in [0.717, 1.165) is 12.8 Å². The van der Waals surface area contributed by atoms with Crippen molar-refractivity contribution >= 4 is 5.91 Å². The smallest absolute Gasteiger partial charge is 0.253 e. The van der Waals surface area contributed by atoms with Crippen molar-refractivity contribution in [1.82, 2.24) is 14.9 Å². The fourth-order valence-corrected chi connectivity index (χ4v) is 2.65. The summed E-state index contributed by atoms with van der Waals surface area (Å²) in [7, 11) is 0. The molecule has 120 valence electrons. The molecule has 0 radical (unpaired) electrons. The molecule has 0 N–H and O–H groups in total. The number of likely N-dealkylation sites (tertiary alicyclic amines) is 1. The number of ether oxygens (including phenoxy) is 1. The van der Waals surface area contributed by atoms with E-state index in [-0.39, 0.29) is 12.0 Å². The van der Waals surface area contributed by atoms with Crippen LogP contribution in [0.5, 0.6) is 5.88 Å². The van der Waals surface area contributed by atoms with Gasteiger partial charge in [-0.3, -0.25) is 4.79 Å². The van der Waals surface area contributed by atoms with Crippen LogP contribution < -0.4 is 4.74 Å². The van der Waals surface area contributed by atoms with Gasteiger partial charge in [0.1, 0.15) is 17.7 Å². The van der Waals surface area contributed by atoms with Crippen LogP contribution in [0.15, 0.2) is 36.5 Å². The van der Waals surface area contributed by atoms with E-state index in [1.165, 1.54) is 12.1 Å². The first-order valence-electron chi connectivity index (χ1n) is 7.63. The molecule has 0 spiro atoms. The SMILES string of the molecule is Cc1nccc(OC2CCN(C(=O)c3cccc(F)c3)CC2)n1. The van der Waals surface area contributed by atoms with Gasteiger partial charge < -0.3 is 9.64 Å². The minimum absolute atomic E-state index is 0.0286. The van der Waals surface area contributed by atoms with Crippen LogP contribution in [-0.2, 0) is 0 Å². The Labute approximate surface area is 134 Å². The lowest BCUT2D eigenvalue weighted by Gasteiger charge is -2.32. The zero-order valence-corrected chi connectivity index (χ0v) is 12.9. The van der Waals surface area contributed by atoms with Gasteiger partial charge in [-0.2, -0.15) is 4.98 Å². The van der Waals surface area contributed by atoms with Crippen molar-refractivity contribution in [1.29, 1.82) is 0 Å². The topological polar surface area (TPSA) is 55.3 Å². The Hall–Kier alpha value is -2.50. The van der Waals surface area contributed by atoms with Crippen molar-refractivity contribution in [3.63, 3.8) is 0 Å². The van der Waals surface area contributed by atoms with Crippen molar-refractivity contribution < 1.29 is 13.9 Å². The minimum atomic E-state index is -0.395. The lowest BCUT2D eigenvalue weighted by molar-refractivity contribution is 0.0587. The summed E-state index contributed by atoms with van der Waals surface area (Å²) in [6, 6.07) is 7.53. The minimum Gasteiger partial charge on any atom is -0.474 e. The number of rotatable bonds is 3. The summed E-state index contributed by atoms with van der Waals surface area (Å²) in [6.07, 6.45) is 3.15. The molecule has 0 bridgehead atoms. The summed E-state index contributed by atoms with van der Waals surface area (Å²) in [5.74, 6) is 0.697. The number of piperidine rings is 1. The molecule has 3 rings (SSSR count). The third-order valence-corrected chi connectivity index (χ3v) is 3.84. The predicted octanol–water partition coefficient (Wildman–Crippen LogP) is 2.61. The second kappa shape index (κ2) is 6.73. The molecule has 0 unspecified atom stereocenters. The number of carbonyl (C=O) groups is 1. The number of hydrogen-bond donors (Lipinski definition) is 0. The molecule has 1 saturated heterocycles. The molecule has 0 saturated carbocycles. The molecule has 0 aliphatic carbocycles. The number of hydrogen-bond acceptors (Lipinski definition) is 4. The van der Waals surface area contributed by atoms with Crippen LogP contribution in [0.1, 0.15) is 29.0 Å². The molecule has 0 atom stereocenters. The first kappa shape index (κ1) is 15.4. The van der Waals surface area contributed by atoms with Crippen LogP contribution >= 0.6 is 0 Å². The van der Waals surface area contributed by atoms with Crippen molar-refractivity contribution in [2.45, 2.75) is 25.9 Å². The summed E-state index contributed by atoms with van der Waals surface area (Å²) in [5, 5.41) is 0. The number of benzene rings is 1. The third-order valence-electron chi connectivity index (χ3n) is 3.84. The fourth-order valence-electron chi connectivity index (χ4n) is 2.65. The van der Waals surface area contributed by atoms with Crippen LogP contribution in [0.4, 0.5) is 4.39 Å². The lowest BCUT2D eigenvalue weighted by atomic mass is 10.1. The lowest BCUT2D eigenvalue weighted by Crippen LogP contribution is -2.41. The Morgan fingerprint density at radius 1 is 1.30 bits per heavy atom. The second-order valence-electron chi connectivity index (χ2n) is 5.56. The van der Waals surface area contributed by atoms with Gasteiger partial charge in [-0.15, -0.1) is 0 Å². The van der Waals surface area contributed by atoms with Crippen LogP contribution in [-0.4, -0.2) is 40.0 Å². The Morgan fingerprint density at radius 3 is 2.78 bits per heavy atom. The van der Waals surface area contributed by atoms with Crippen molar-refractivity contribution in [3.05, 3.63) is 53.7 Å². The Bertz CT molecular complexity index is 700. The highest BCUT2D eigenvalue weighted by molar-refractivity contribution is 5.94. The van der Waals surface area contributed by atoms with Gasteiger partial charge >= 0.3 is 0 Å². The van der Waals surface area contributed by atoms with Crippen LogP contribution in [0.25, 0.3) is 0 Å². The third kappa shape index (κ3) is 3.83. The van der Waals surface area contributed by atoms with E-state index in [1.807, 2.05) is 6.92 Å². The Kier molecular flexibility index (Phi) is 4.50.